The molecule has 0 atom stereocenters. The summed E-state index contributed by atoms with van der Waals surface area (Å²) >= 11 is 0. The molecule has 2 rings (SSSR count). The molecule has 5 heteroatoms. The Morgan fingerprint density at radius 1 is 1.33 bits per heavy atom. The van der Waals surface area contributed by atoms with E-state index < -0.39 is 10.7 Å². The van der Waals surface area contributed by atoms with Crippen molar-refractivity contribution in [3.8, 4) is 0 Å². The van der Waals surface area contributed by atoms with Gasteiger partial charge in [0.15, 0.2) is 11.5 Å². The molecule has 0 spiro atoms. The van der Waals surface area contributed by atoms with E-state index in [4.69, 9.17) is 0 Å². The van der Waals surface area contributed by atoms with E-state index in [0.29, 0.717) is 13.1 Å². The van der Waals surface area contributed by atoms with Crippen molar-refractivity contribution in [2.24, 2.45) is 5.41 Å². The molecule has 0 aliphatic carbocycles. The number of nitro groups is 1. The second kappa shape index (κ2) is 4.55. The van der Waals surface area contributed by atoms with Crippen LogP contribution in [0.1, 0.15) is 26.7 Å². The molecule has 0 bridgehead atoms. The van der Waals surface area contributed by atoms with Crippen LogP contribution in [0.3, 0.4) is 0 Å². The lowest BCUT2D eigenvalue weighted by atomic mass is 9.82. The quantitative estimate of drug-likeness (QED) is 0.599. The van der Waals surface area contributed by atoms with E-state index in [1.54, 1.807) is 4.90 Å². The third-order valence-electron chi connectivity index (χ3n) is 3.60. The van der Waals surface area contributed by atoms with Crippen LogP contribution in [0.5, 0.6) is 0 Å². The van der Waals surface area contributed by atoms with Gasteiger partial charge in [-0.15, -0.1) is 0 Å². The Labute approximate surface area is 106 Å². The first-order valence-corrected chi connectivity index (χ1v) is 6.08. The third-order valence-corrected chi connectivity index (χ3v) is 3.60. The molecule has 1 heterocycles. The minimum Gasteiger partial charge on any atom is -0.364 e. The second-order valence-corrected chi connectivity index (χ2v) is 5.52. The van der Waals surface area contributed by atoms with Crippen LogP contribution in [0.4, 0.5) is 15.8 Å². The van der Waals surface area contributed by atoms with E-state index in [1.807, 2.05) is 0 Å². The number of hydrogen-bond acceptors (Lipinski definition) is 3. The van der Waals surface area contributed by atoms with Gasteiger partial charge in [0.05, 0.1) is 4.92 Å². The van der Waals surface area contributed by atoms with Crippen molar-refractivity contribution in [1.29, 1.82) is 0 Å². The molecule has 1 aromatic rings. The molecule has 1 fully saturated rings. The van der Waals surface area contributed by atoms with E-state index in [-0.39, 0.29) is 16.8 Å². The zero-order valence-electron chi connectivity index (χ0n) is 10.6. The van der Waals surface area contributed by atoms with Gasteiger partial charge in [-0.2, -0.15) is 0 Å². The van der Waals surface area contributed by atoms with E-state index in [1.165, 1.54) is 18.2 Å². The summed E-state index contributed by atoms with van der Waals surface area (Å²) in [5, 5.41) is 11.0. The van der Waals surface area contributed by atoms with Gasteiger partial charge >= 0.3 is 0 Å². The Morgan fingerprint density at radius 2 is 1.94 bits per heavy atom. The van der Waals surface area contributed by atoms with Gasteiger partial charge in [0, 0.05) is 19.2 Å². The topological polar surface area (TPSA) is 46.4 Å². The van der Waals surface area contributed by atoms with Crippen LogP contribution < -0.4 is 4.90 Å². The van der Waals surface area contributed by atoms with Crippen LogP contribution in [0.15, 0.2) is 18.2 Å². The maximum atomic E-state index is 13.8. The fourth-order valence-electron chi connectivity index (χ4n) is 2.30. The van der Waals surface area contributed by atoms with Gasteiger partial charge in [-0.3, -0.25) is 10.1 Å². The Hall–Kier alpha value is -1.65. The molecule has 0 aromatic heterocycles. The Balaban J connectivity index is 2.31. The number of para-hydroxylation sites is 1. The summed E-state index contributed by atoms with van der Waals surface area (Å²) in [7, 11) is 0. The number of rotatable bonds is 2. The number of nitro benzene ring substituents is 1. The molecule has 1 aliphatic rings. The van der Waals surface area contributed by atoms with Gasteiger partial charge in [0.2, 0.25) is 0 Å². The van der Waals surface area contributed by atoms with Crippen molar-refractivity contribution in [2.75, 3.05) is 18.0 Å². The highest BCUT2D eigenvalue weighted by Crippen LogP contribution is 2.37. The van der Waals surface area contributed by atoms with E-state index in [2.05, 4.69) is 13.8 Å². The third kappa shape index (κ3) is 2.44. The number of benzene rings is 1. The predicted octanol–water partition coefficient (Wildman–Crippen LogP) is 3.36. The van der Waals surface area contributed by atoms with Gasteiger partial charge < -0.3 is 4.90 Å². The maximum absolute atomic E-state index is 13.8. The van der Waals surface area contributed by atoms with Crippen LogP contribution in [-0.4, -0.2) is 18.0 Å². The Bertz CT molecular complexity index is 464. The Kier molecular flexibility index (Phi) is 3.24. The number of anilines is 1. The smallest absolute Gasteiger partial charge is 0.295 e. The zero-order valence-corrected chi connectivity index (χ0v) is 10.6. The average Bonchev–Trinajstić information content (AvgIpc) is 2.29. The molecule has 1 saturated heterocycles. The van der Waals surface area contributed by atoms with Crippen molar-refractivity contribution in [3.05, 3.63) is 34.1 Å². The van der Waals surface area contributed by atoms with Gasteiger partial charge in [0.1, 0.15) is 0 Å². The van der Waals surface area contributed by atoms with Gasteiger partial charge in [-0.25, -0.2) is 4.39 Å². The van der Waals surface area contributed by atoms with Crippen LogP contribution in [0, 0.1) is 21.3 Å². The normalized spacial score (nSPS) is 18.7. The number of nitrogens with zero attached hydrogens (tertiary/aromatic N) is 2. The van der Waals surface area contributed by atoms with Gasteiger partial charge in [0.25, 0.3) is 5.69 Å². The highest BCUT2D eigenvalue weighted by molar-refractivity contribution is 5.64. The Morgan fingerprint density at radius 3 is 2.50 bits per heavy atom. The van der Waals surface area contributed by atoms with Crippen molar-refractivity contribution in [3.63, 3.8) is 0 Å². The molecular formula is C13H17FN2O2. The fourth-order valence-corrected chi connectivity index (χ4v) is 2.30. The molecule has 4 nitrogen and oxygen atoms in total. The summed E-state index contributed by atoms with van der Waals surface area (Å²) in [5.74, 6) is -0.510. The van der Waals surface area contributed by atoms with Crippen molar-refractivity contribution in [2.45, 2.75) is 26.7 Å². The summed E-state index contributed by atoms with van der Waals surface area (Å²) in [5.41, 5.74) is 0.226. The minimum absolute atomic E-state index is 0.137. The monoisotopic (exact) mass is 252 g/mol. The second-order valence-electron chi connectivity index (χ2n) is 5.52. The highest BCUT2D eigenvalue weighted by atomic mass is 19.1. The SMILES string of the molecule is CC1(C)CCN(c2c(F)cccc2[N+](=O)[O-])CC1. The summed E-state index contributed by atoms with van der Waals surface area (Å²) in [6, 6.07) is 4.02. The lowest BCUT2D eigenvalue weighted by Crippen LogP contribution is -2.38. The van der Waals surface area contributed by atoms with Crippen molar-refractivity contribution < 1.29 is 9.31 Å². The molecule has 0 radical (unpaired) electrons. The van der Waals surface area contributed by atoms with Crippen LogP contribution >= 0.6 is 0 Å². The highest BCUT2D eigenvalue weighted by Gasteiger charge is 2.30. The molecule has 1 aromatic carbocycles. The van der Waals surface area contributed by atoms with E-state index >= 15 is 0 Å². The number of piperidine rings is 1. The first kappa shape index (κ1) is 12.8. The molecule has 0 amide bonds. The summed E-state index contributed by atoms with van der Waals surface area (Å²) in [6.45, 7) is 5.66. The minimum atomic E-state index is -0.516. The maximum Gasteiger partial charge on any atom is 0.295 e. The van der Waals surface area contributed by atoms with Crippen molar-refractivity contribution in [1.82, 2.24) is 0 Å². The van der Waals surface area contributed by atoms with Crippen LogP contribution in [0.25, 0.3) is 0 Å². The predicted molar refractivity (Wildman–Crippen MR) is 68.3 cm³/mol. The molecule has 0 unspecified atom stereocenters. The van der Waals surface area contributed by atoms with E-state index in [0.717, 1.165) is 12.8 Å². The molecule has 0 saturated carbocycles. The van der Waals surface area contributed by atoms with Crippen molar-refractivity contribution >= 4 is 11.4 Å². The summed E-state index contributed by atoms with van der Waals surface area (Å²) in [4.78, 5) is 12.2. The lowest BCUT2D eigenvalue weighted by molar-refractivity contribution is -0.384. The zero-order chi connectivity index (χ0) is 13.3. The first-order chi connectivity index (χ1) is 8.41. The molecule has 18 heavy (non-hydrogen) atoms. The number of hydrogen-bond donors (Lipinski definition) is 0. The average molecular weight is 252 g/mol. The molecule has 1 aliphatic heterocycles. The van der Waals surface area contributed by atoms with Gasteiger partial charge in [-0.05, 0) is 24.3 Å². The lowest BCUT2D eigenvalue weighted by Gasteiger charge is -2.37. The largest absolute Gasteiger partial charge is 0.364 e. The molecular weight excluding hydrogens is 235 g/mol. The fraction of sp³-hybridized carbons (Fsp3) is 0.538. The van der Waals surface area contributed by atoms with Gasteiger partial charge in [-0.1, -0.05) is 19.9 Å². The summed E-state index contributed by atoms with van der Waals surface area (Å²) < 4.78 is 13.8. The van der Waals surface area contributed by atoms with E-state index in [9.17, 15) is 14.5 Å². The first-order valence-electron chi connectivity index (χ1n) is 6.08. The van der Waals surface area contributed by atoms with Crippen LogP contribution in [-0.2, 0) is 0 Å². The van der Waals surface area contributed by atoms with Crippen LogP contribution in [0.2, 0.25) is 0 Å². The standard InChI is InChI=1S/C13H17FN2O2/c1-13(2)6-8-15(9-7-13)12-10(14)4-3-5-11(12)16(17)18/h3-5H,6-9H2,1-2H3. The molecule has 0 N–H and O–H groups in total. The molecule has 98 valence electrons. The summed E-state index contributed by atoms with van der Waals surface area (Å²) in [6.07, 6.45) is 1.83. The number of halogens is 1.